The van der Waals surface area contributed by atoms with Gasteiger partial charge in [0.25, 0.3) is 0 Å². The molecule has 1 aliphatic heterocycles. The van der Waals surface area contributed by atoms with Crippen molar-refractivity contribution < 1.29 is 44.2 Å². The van der Waals surface area contributed by atoms with Gasteiger partial charge in [0.05, 0.1) is 24.4 Å². The number of ether oxygens (including phenoxy) is 4. The predicted molar refractivity (Wildman–Crippen MR) is 178 cm³/mol. The summed E-state index contributed by atoms with van der Waals surface area (Å²) in [5.41, 5.74) is -0.255. The number of carbonyl (C=O) groups excluding carboxylic acids is 1. The average Bonchev–Trinajstić information content (AvgIpc) is 3.32. The first-order chi connectivity index (χ1) is 22.0. The van der Waals surface area contributed by atoms with Crippen LogP contribution in [0.4, 0.5) is 0 Å². The van der Waals surface area contributed by atoms with E-state index in [1.165, 1.54) is 6.29 Å². The topological polar surface area (TPSA) is 135 Å². The first-order valence-corrected chi connectivity index (χ1v) is 17.9. The maximum absolute atomic E-state index is 13.7. The maximum Gasteiger partial charge on any atom is 0.187 e. The maximum atomic E-state index is 13.7. The summed E-state index contributed by atoms with van der Waals surface area (Å²) in [5.74, 6) is 1.12. The van der Waals surface area contributed by atoms with Crippen LogP contribution in [0.5, 0.6) is 0 Å². The molecule has 0 spiro atoms. The molecule has 0 bridgehead atoms. The zero-order valence-corrected chi connectivity index (χ0v) is 30.1. The van der Waals surface area contributed by atoms with E-state index in [0.29, 0.717) is 18.3 Å². The largest absolute Gasteiger partial charge is 0.394 e. The van der Waals surface area contributed by atoms with Crippen molar-refractivity contribution in [3.05, 3.63) is 23.8 Å². The lowest BCUT2D eigenvalue weighted by Crippen LogP contribution is -2.65. The normalized spacial score (nSPS) is 47.1. The van der Waals surface area contributed by atoms with Gasteiger partial charge >= 0.3 is 0 Å². The zero-order valence-electron chi connectivity index (χ0n) is 30.1. The smallest absolute Gasteiger partial charge is 0.187 e. The SMILES string of the molecule is CO[C@@H]1C=C2[C@@H](CC[C@H](O[C@@H]3O[C@H](CO)[C@@H](O)[C@H](O)[C@H]3O)C2(C)C)[C@]2(C=O)CC[C@]3(C)[C@@H]([C@H](C)C/C=C/C(C)(C)OC)CC[C@@]3(C)[C@H]12. The van der Waals surface area contributed by atoms with E-state index in [9.17, 15) is 25.2 Å². The molecule has 0 aromatic carbocycles. The van der Waals surface area contributed by atoms with E-state index in [0.717, 1.165) is 44.1 Å². The summed E-state index contributed by atoms with van der Waals surface area (Å²) in [6.07, 6.45) is 7.15. The summed E-state index contributed by atoms with van der Waals surface area (Å²) >= 11 is 0. The van der Waals surface area contributed by atoms with Crippen LogP contribution in [0.15, 0.2) is 23.8 Å². The molecule has 0 aromatic rings. The van der Waals surface area contributed by atoms with E-state index in [-0.39, 0.29) is 40.5 Å². The van der Waals surface area contributed by atoms with Crippen LogP contribution in [0.1, 0.15) is 93.4 Å². The zero-order chi connectivity index (χ0) is 34.7. The molecule has 5 aliphatic rings. The lowest BCUT2D eigenvalue weighted by molar-refractivity contribution is -0.320. The standard InChI is InChI=1S/C38H62O9/c1-22(11-10-15-34(2,3)45-9)23-14-16-37(7)32-26(44-8)19-25-24(38(32,21-40)18-17-36(23,37)6)12-13-28(35(25,4)5)47-33-31(43)30(42)29(41)27(20-39)46-33/h10,15,19,21-24,26-33,39,41-43H,11-14,16-18,20H2,1-9H3/b15-10+/t22-,23-,24-,26-,27-,28+,29-,30+,31-,32+,33+,36-,37+,38-/m1/s1. The number of fused-ring (bicyclic) bond motifs is 5. The lowest BCUT2D eigenvalue weighted by atomic mass is 9.38. The van der Waals surface area contributed by atoms with Gasteiger partial charge in [-0.05, 0) is 87.4 Å². The minimum Gasteiger partial charge on any atom is -0.394 e. The van der Waals surface area contributed by atoms with Gasteiger partial charge in [-0.2, -0.15) is 0 Å². The summed E-state index contributed by atoms with van der Waals surface area (Å²) in [5, 5.41) is 41.1. The molecule has 0 unspecified atom stereocenters. The number of aliphatic hydroxyl groups is 4. The summed E-state index contributed by atoms with van der Waals surface area (Å²) in [6.45, 7) is 15.2. The van der Waals surface area contributed by atoms with Crippen molar-refractivity contribution >= 4 is 6.29 Å². The molecule has 268 valence electrons. The van der Waals surface area contributed by atoms with Crippen LogP contribution in [0, 0.1) is 45.3 Å². The van der Waals surface area contributed by atoms with Gasteiger partial charge in [0.1, 0.15) is 30.7 Å². The molecule has 1 heterocycles. The van der Waals surface area contributed by atoms with Crippen LogP contribution in [-0.4, -0.2) is 96.1 Å². The first kappa shape index (κ1) is 37.1. The van der Waals surface area contributed by atoms with E-state index in [1.54, 1.807) is 14.2 Å². The molecule has 5 rings (SSSR count). The summed E-state index contributed by atoms with van der Waals surface area (Å²) in [4.78, 5) is 13.7. The van der Waals surface area contributed by atoms with E-state index >= 15 is 0 Å². The third-order valence-corrected chi connectivity index (χ3v) is 14.3. The van der Waals surface area contributed by atoms with Gasteiger partial charge < -0.3 is 44.2 Å². The van der Waals surface area contributed by atoms with Crippen molar-refractivity contribution in [2.45, 2.75) is 142 Å². The third kappa shape index (κ3) is 5.82. The number of methoxy groups -OCH3 is 2. The van der Waals surface area contributed by atoms with Crippen molar-refractivity contribution in [1.82, 2.24) is 0 Å². The molecule has 4 aliphatic carbocycles. The Hall–Kier alpha value is -1.17. The Kier molecular flexibility index (Phi) is 10.4. The van der Waals surface area contributed by atoms with Gasteiger partial charge in [0, 0.05) is 31.0 Å². The second-order valence-corrected chi connectivity index (χ2v) is 17.1. The highest BCUT2D eigenvalue weighted by Gasteiger charge is 2.71. The molecule has 0 aromatic heterocycles. The number of hydrogen-bond acceptors (Lipinski definition) is 9. The van der Waals surface area contributed by atoms with Crippen molar-refractivity contribution in [2.24, 2.45) is 45.3 Å². The minimum atomic E-state index is -1.50. The van der Waals surface area contributed by atoms with E-state index in [4.69, 9.17) is 18.9 Å². The Morgan fingerprint density at radius 2 is 1.70 bits per heavy atom. The van der Waals surface area contributed by atoms with Crippen LogP contribution in [0.25, 0.3) is 0 Å². The molecule has 4 N–H and O–H groups in total. The van der Waals surface area contributed by atoms with Gasteiger partial charge in [0.15, 0.2) is 6.29 Å². The number of allylic oxidation sites excluding steroid dienone is 1. The molecular formula is C38H62O9. The number of rotatable bonds is 10. The first-order valence-electron chi connectivity index (χ1n) is 17.9. The van der Waals surface area contributed by atoms with Crippen LogP contribution in [-0.2, 0) is 23.7 Å². The molecule has 1 saturated heterocycles. The van der Waals surface area contributed by atoms with Crippen molar-refractivity contribution in [1.29, 1.82) is 0 Å². The van der Waals surface area contributed by atoms with Gasteiger partial charge in [-0.3, -0.25) is 0 Å². The van der Waals surface area contributed by atoms with Gasteiger partial charge in [0.2, 0.25) is 0 Å². The molecule has 0 radical (unpaired) electrons. The summed E-state index contributed by atoms with van der Waals surface area (Å²) < 4.78 is 24.1. The molecule has 9 heteroatoms. The second kappa shape index (κ2) is 13.2. The predicted octanol–water partition coefficient (Wildman–Crippen LogP) is 4.59. The van der Waals surface area contributed by atoms with Crippen molar-refractivity contribution in [3.8, 4) is 0 Å². The Morgan fingerprint density at radius 3 is 2.32 bits per heavy atom. The summed E-state index contributed by atoms with van der Waals surface area (Å²) in [6, 6.07) is 0. The minimum absolute atomic E-state index is 0.0399. The van der Waals surface area contributed by atoms with Crippen LogP contribution in [0.3, 0.4) is 0 Å². The number of hydrogen-bond donors (Lipinski definition) is 4. The second-order valence-electron chi connectivity index (χ2n) is 17.1. The van der Waals surface area contributed by atoms with Crippen molar-refractivity contribution in [2.75, 3.05) is 20.8 Å². The highest BCUT2D eigenvalue weighted by Crippen LogP contribution is 2.75. The van der Waals surface area contributed by atoms with E-state index in [2.05, 4.69) is 66.7 Å². The van der Waals surface area contributed by atoms with E-state index in [1.807, 2.05) is 0 Å². The van der Waals surface area contributed by atoms with Crippen LogP contribution >= 0.6 is 0 Å². The fourth-order valence-electron chi connectivity index (χ4n) is 11.1. The van der Waals surface area contributed by atoms with Gasteiger partial charge in [-0.1, -0.05) is 58.4 Å². The number of aliphatic hydroxyl groups excluding tert-OH is 4. The molecule has 4 fully saturated rings. The molecular weight excluding hydrogens is 600 g/mol. The molecule has 14 atom stereocenters. The highest BCUT2D eigenvalue weighted by molar-refractivity contribution is 5.65. The molecule has 0 amide bonds. The van der Waals surface area contributed by atoms with Gasteiger partial charge in [-0.15, -0.1) is 0 Å². The fraction of sp³-hybridized carbons (Fsp3) is 0.868. The number of aldehydes is 1. The van der Waals surface area contributed by atoms with Crippen molar-refractivity contribution in [3.63, 3.8) is 0 Å². The lowest BCUT2D eigenvalue weighted by Gasteiger charge is -2.66. The third-order valence-electron chi connectivity index (χ3n) is 14.3. The Balaban J connectivity index is 1.44. The van der Waals surface area contributed by atoms with E-state index < -0.39 is 48.1 Å². The average molecular weight is 663 g/mol. The monoisotopic (exact) mass is 662 g/mol. The molecule has 9 nitrogen and oxygen atoms in total. The Labute approximate surface area is 282 Å². The molecule has 47 heavy (non-hydrogen) atoms. The highest BCUT2D eigenvalue weighted by atomic mass is 16.7. The fourth-order valence-corrected chi connectivity index (χ4v) is 11.1. The summed E-state index contributed by atoms with van der Waals surface area (Å²) in [7, 11) is 3.51. The Bertz CT molecular complexity index is 1200. The van der Waals surface area contributed by atoms with Crippen LogP contribution < -0.4 is 0 Å². The number of carbonyl (C=O) groups is 1. The van der Waals surface area contributed by atoms with Crippen LogP contribution in [0.2, 0.25) is 0 Å². The molecule has 3 saturated carbocycles. The Morgan fingerprint density at radius 1 is 1.00 bits per heavy atom. The van der Waals surface area contributed by atoms with Gasteiger partial charge in [-0.25, -0.2) is 0 Å². The quantitative estimate of drug-likeness (QED) is 0.196.